The molecule has 1 heterocycles. The van der Waals surface area contributed by atoms with Crippen LogP contribution in [0, 0.1) is 12.8 Å². The molecule has 0 aliphatic carbocycles. The second-order valence-corrected chi connectivity index (χ2v) is 8.37. The van der Waals surface area contributed by atoms with E-state index in [1.807, 2.05) is 54.3 Å². The van der Waals surface area contributed by atoms with Crippen molar-refractivity contribution >= 4 is 39.9 Å². The molecule has 0 spiro atoms. The summed E-state index contributed by atoms with van der Waals surface area (Å²) in [6.45, 7) is 3.09. The Morgan fingerprint density at radius 2 is 1.90 bits per heavy atom. The molecule has 0 aromatic heterocycles. The summed E-state index contributed by atoms with van der Waals surface area (Å²) < 4.78 is 0. The number of fused-ring (bicyclic) bond motifs is 1. The highest BCUT2D eigenvalue weighted by atomic mass is 35.5. The van der Waals surface area contributed by atoms with Gasteiger partial charge in [-0.2, -0.15) is 0 Å². The quantitative estimate of drug-likeness (QED) is 0.628. The first kappa shape index (κ1) is 20.4. The highest BCUT2D eigenvalue weighted by Crippen LogP contribution is 2.26. The number of hydrogen-bond donors (Lipinski definition) is 1. The molecule has 1 aliphatic heterocycles. The van der Waals surface area contributed by atoms with Gasteiger partial charge in [0.2, 0.25) is 11.8 Å². The van der Waals surface area contributed by atoms with Gasteiger partial charge in [0.25, 0.3) is 0 Å². The monoisotopic (exact) mass is 420 g/mol. The van der Waals surface area contributed by atoms with Crippen molar-refractivity contribution in [1.29, 1.82) is 0 Å². The van der Waals surface area contributed by atoms with Crippen molar-refractivity contribution < 1.29 is 9.59 Å². The van der Waals surface area contributed by atoms with Gasteiger partial charge in [0.05, 0.1) is 23.0 Å². The van der Waals surface area contributed by atoms with Crippen molar-refractivity contribution in [3.05, 3.63) is 76.8 Å². The zero-order valence-corrected chi connectivity index (χ0v) is 17.8. The third-order valence-electron chi connectivity index (χ3n) is 5.75. The van der Waals surface area contributed by atoms with E-state index in [0.717, 1.165) is 34.7 Å². The first-order valence-corrected chi connectivity index (χ1v) is 10.7. The largest absolute Gasteiger partial charge is 0.342 e. The van der Waals surface area contributed by atoms with Gasteiger partial charge in [0, 0.05) is 13.1 Å². The molecule has 4 rings (SSSR count). The predicted molar refractivity (Wildman–Crippen MR) is 122 cm³/mol. The van der Waals surface area contributed by atoms with E-state index in [4.69, 9.17) is 11.6 Å². The number of nitrogens with zero attached hydrogens (tertiary/aromatic N) is 1. The van der Waals surface area contributed by atoms with Gasteiger partial charge < -0.3 is 10.2 Å². The minimum Gasteiger partial charge on any atom is -0.342 e. The molecule has 0 unspecified atom stereocenters. The zero-order valence-electron chi connectivity index (χ0n) is 17.0. The van der Waals surface area contributed by atoms with Crippen LogP contribution in [0.25, 0.3) is 10.8 Å². The van der Waals surface area contributed by atoms with Crippen LogP contribution in [-0.4, -0.2) is 29.8 Å². The average Bonchev–Trinajstić information content (AvgIpc) is 2.76. The van der Waals surface area contributed by atoms with Crippen LogP contribution in [0.5, 0.6) is 0 Å². The lowest BCUT2D eigenvalue weighted by molar-refractivity contribution is -0.133. The fourth-order valence-corrected chi connectivity index (χ4v) is 4.38. The van der Waals surface area contributed by atoms with Gasteiger partial charge >= 0.3 is 0 Å². The van der Waals surface area contributed by atoms with Crippen molar-refractivity contribution in [3.63, 3.8) is 0 Å². The summed E-state index contributed by atoms with van der Waals surface area (Å²) >= 11 is 6.25. The molecule has 1 fully saturated rings. The topological polar surface area (TPSA) is 49.4 Å². The maximum Gasteiger partial charge on any atom is 0.229 e. The second-order valence-electron chi connectivity index (χ2n) is 7.97. The van der Waals surface area contributed by atoms with Crippen LogP contribution in [0.2, 0.25) is 5.02 Å². The Morgan fingerprint density at radius 1 is 1.10 bits per heavy atom. The maximum absolute atomic E-state index is 13.0. The van der Waals surface area contributed by atoms with E-state index in [0.29, 0.717) is 30.2 Å². The van der Waals surface area contributed by atoms with Crippen LogP contribution in [0.1, 0.15) is 24.0 Å². The third-order valence-corrected chi connectivity index (χ3v) is 6.06. The number of hydrogen-bond acceptors (Lipinski definition) is 2. The summed E-state index contributed by atoms with van der Waals surface area (Å²) in [6, 6.07) is 19.7. The number of nitrogens with one attached hydrogen (secondary N) is 1. The van der Waals surface area contributed by atoms with E-state index in [-0.39, 0.29) is 17.7 Å². The Labute approximate surface area is 181 Å². The minimum absolute atomic E-state index is 0.0669. The molecule has 154 valence electrons. The van der Waals surface area contributed by atoms with E-state index in [1.165, 1.54) is 0 Å². The molecule has 1 atom stereocenters. The summed E-state index contributed by atoms with van der Waals surface area (Å²) in [6.07, 6.45) is 1.94. The number of piperidine rings is 1. The number of likely N-dealkylation sites (tertiary alicyclic amines) is 1. The lowest BCUT2D eigenvalue weighted by Gasteiger charge is -2.32. The predicted octanol–water partition coefficient (Wildman–Crippen LogP) is 5.22. The Kier molecular flexibility index (Phi) is 6.05. The molecule has 3 aromatic rings. The van der Waals surface area contributed by atoms with Crippen molar-refractivity contribution in [1.82, 2.24) is 4.90 Å². The van der Waals surface area contributed by atoms with Crippen LogP contribution in [0.3, 0.4) is 0 Å². The van der Waals surface area contributed by atoms with E-state index >= 15 is 0 Å². The molecule has 1 N–H and O–H groups in total. The number of carbonyl (C=O) groups excluding carboxylic acids is 2. The third kappa shape index (κ3) is 4.49. The Balaban J connectivity index is 1.43. The Bertz CT molecular complexity index is 1090. The van der Waals surface area contributed by atoms with Gasteiger partial charge in [-0.25, -0.2) is 0 Å². The molecule has 0 bridgehead atoms. The molecule has 3 aromatic carbocycles. The first-order valence-electron chi connectivity index (χ1n) is 10.3. The van der Waals surface area contributed by atoms with Gasteiger partial charge in [0.1, 0.15) is 0 Å². The van der Waals surface area contributed by atoms with Gasteiger partial charge in [0.15, 0.2) is 0 Å². The second kappa shape index (κ2) is 8.88. The van der Waals surface area contributed by atoms with Gasteiger partial charge in [-0.1, -0.05) is 60.1 Å². The SMILES string of the molecule is Cc1ccc(NC(=O)[C@H]2CCCN(C(=O)Cc3cccc4ccccc34)C2)c(Cl)c1. The normalized spacial score (nSPS) is 16.5. The van der Waals surface area contributed by atoms with Gasteiger partial charge in [-0.05, 0) is 53.8 Å². The Hall–Kier alpha value is -2.85. The van der Waals surface area contributed by atoms with Crippen molar-refractivity contribution in [2.45, 2.75) is 26.2 Å². The average molecular weight is 421 g/mol. The fraction of sp³-hybridized carbons (Fsp3) is 0.280. The number of aryl methyl sites for hydroxylation is 1. The van der Waals surface area contributed by atoms with Gasteiger partial charge in [-0.3, -0.25) is 9.59 Å². The fourth-order valence-electron chi connectivity index (χ4n) is 4.10. The summed E-state index contributed by atoms with van der Waals surface area (Å²) in [5.74, 6) is -0.242. The minimum atomic E-state index is -0.229. The van der Waals surface area contributed by atoms with Crippen molar-refractivity contribution in [2.75, 3.05) is 18.4 Å². The lowest BCUT2D eigenvalue weighted by Crippen LogP contribution is -2.44. The van der Waals surface area contributed by atoms with Crippen molar-refractivity contribution in [3.8, 4) is 0 Å². The Morgan fingerprint density at radius 3 is 2.73 bits per heavy atom. The highest BCUT2D eigenvalue weighted by Gasteiger charge is 2.29. The summed E-state index contributed by atoms with van der Waals surface area (Å²) in [4.78, 5) is 27.6. The molecular formula is C25H25ClN2O2. The molecule has 5 heteroatoms. The van der Waals surface area contributed by atoms with E-state index in [2.05, 4.69) is 23.5 Å². The smallest absolute Gasteiger partial charge is 0.229 e. The molecular weight excluding hydrogens is 396 g/mol. The van der Waals surface area contributed by atoms with Crippen LogP contribution in [0.4, 0.5) is 5.69 Å². The number of benzene rings is 3. The molecule has 2 amide bonds. The van der Waals surface area contributed by atoms with E-state index < -0.39 is 0 Å². The lowest BCUT2D eigenvalue weighted by atomic mass is 9.95. The molecule has 30 heavy (non-hydrogen) atoms. The summed E-state index contributed by atoms with van der Waals surface area (Å²) in [7, 11) is 0. The highest BCUT2D eigenvalue weighted by molar-refractivity contribution is 6.33. The van der Waals surface area contributed by atoms with Gasteiger partial charge in [-0.15, -0.1) is 0 Å². The van der Waals surface area contributed by atoms with Crippen LogP contribution in [0.15, 0.2) is 60.7 Å². The van der Waals surface area contributed by atoms with Crippen molar-refractivity contribution in [2.24, 2.45) is 5.92 Å². The number of carbonyl (C=O) groups is 2. The van der Waals surface area contributed by atoms with E-state index in [1.54, 1.807) is 0 Å². The maximum atomic E-state index is 13.0. The van der Waals surface area contributed by atoms with E-state index in [9.17, 15) is 9.59 Å². The summed E-state index contributed by atoms with van der Waals surface area (Å²) in [5, 5.41) is 5.70. The molecule has 0 saturated carbocycles. The van der Waals surface area contributed by atoms with Crippen LogP contribution in [-0.2, 0) is 16.0 Å². The summed E-state index contributed by atoms with van der Waals surface area (Å²) in [5.41, 5.74) is 2.68. The molecule has 1 aliphatic rings. The first-order chi connectivity index (χ1) is 14.5. The number of halogens is 1. The standard InChI is InChI=1S/C25H25ClN2O2/c1-17-11-12-23(22(26)14-17)27-25(30)20-9-5-13-28(16-20)24(29)15-19-8-4-7-18-6-2-3-10-21(18)19/h2-4,6-8,10-12,14,20H,5,9,13,15-16H2,1H3,(H,27,30)/t20-/m0/s1. The number of rotatable bonds is 4. The molecule has 0 radical (unpaired) electrons. The number of anilines is 1. The van der Waals surface area contributed by atoms with Crippen LogP contribution < -0.4 is 5.32 Å². The molecule has 1 saturated heterocycles. The zero-order chi connectivity index (χ0) is 21.1. The number of amides is 2. The van der Waals surface area contributed by atoms with Crippen LogP contribution >= 0.6 is 11.6 Å². The molecule has 4 nitrogen and oxygen atoms in total.